The van der Waals surface area contributed by atoms with Crippen molar-refractivity contribution in [2.24, 2.45) is 43.8 Å². The highest BCUT2D eigenvalue weighted by Gasteiger charge is 2.71. The first kappa shape index (κ1) is 31.9. The number of hydrogen-bond donors (Lipinski definition) is 0. The van der Waals surface area contributed by atoms with Crippen molar-refractivity contribution in [1.82, 2.24) is 9.78 Å². The van der Waals surface area contributed by atoms with Crippen molar-refractivity contribution in [2.45, 2.75) is 134 Å². The first-order valence-corrected chi connectivity index (χ1v) is 16.7. The van der Waals surface area contributed by atoms with Crippen LogP contribution in [0.15, 0.2) is 29.4 Å². The summed E-state index contributed by atoms with van der Waals surface area (Å²) in [5.74, 6) is 0.0680. The number of ketones is 2. The molecule has 1 aromatic heterocycles. The third-order valence-electron chi connectivity index (χ3n) is 13.3. The number of aromatic nitrogens is 2. The van der Waals surface area contributed by atoms with Crippen molar-refractivity contribution in [3.63, 3.8) is 0 Å². The van der Waals surface area contributed by atoms with Crippen LogP contribution < -0.4 is 0 Å². The molecule has 1 aromatic rings. The second-order valence-electron chi connectivity index (χ2n) is 17.5. The Morgan fingerprint density at radius 3 is 2.19 bits per heavy atom. The molecule has 1 heterocycles. The van der Waals surface area contributed by atoms with E-state index in [1.54, 1.807) is 0 Å². The van der Waals surface area contributed by atoms with Crippen LogP contribution in [0.2, 0.25) is 0 Å². The van der Waals surface area contributed by atoms with Gasteiger partial charge in [0.1, 0.15) is 6.07 Å². The van der Waals surface area contributed by atoms with Crippen molar-refractivity contribution >= 4 is 11.6 Å². The fraction of sp³-hybridized carbons (Fsp3) is 0.737. The van der Waals surface area contributed by atoms with Crippen molar-refractivity contribution in [3.8, 4) is 6.07 Å². The molecule has 6 atom stereocenters. The highest BCUT2D eigenvalue weighted by Crippen LogP contribution is 2.75. The van der Waals surface area contributed by atoms with E-state index in [1.165, 1.54) is 5.69 Å². The molecule has 0 spiro atoms. The van der Waals surface area contributed by atoms with E-state index >= 15 is 0 Å². The zero-order chi connectivity index (χ0) is 32.0. The number of aryl methyl sites for hydroxylation is 2. The van der Waals surface area contributed by atoms with Gasteiger partial charge in [0.05, 0.1) is 11.3 Å². The van der Waals surface area contributed by atoms with Crippen LogP contribution >= 0.6 is 0 Å². The molecule has 0 radical (unpaired) electrons. The van der Waals surface area contributed by atoms with Crippen LogP contribution in [-0.2, 0) is 16.1 Å². The smallest absolute Gasteiger partial charge is 0.178 e. The third-order valence-corrected chi connectivity index (χ3v) is 13.3. The van der Waals surface area contributed by atoms with Gasteiger partial charge in [0.15, 0.2) is 11.6 Å². The molecule has 0 aromatic carbocycles. The predicted molar refractivity (Wildman–Crippen MR) is 172 cm³/mol. The monoisotopic (exact) mass is 585 g/mol. The Hall–Kier alpha value is -2.48. The molecule has 5 nitrogen and oxygen atoms in total. The normalized spacial score (nSPS) is 40.2. The maximum absolute atomic E-state index is 15.0. The van der Waals surface area contributed by atoms with Gasteiger partial charge in [0.2, 0.25) is 0 Å². The summed E-state index contributed by atoms with van der Waals surface area (Å²) in [5, 5.41) is 14.9. The Morgan fingerprint density at radius 2 is 1.60 bits per heavy atom. The molecular weight excluding hydrogens is 530 g/mol. The predicted octanol–water partition coefficient (Wildman–Crippen LogP) is 8.89. The van der Waals surface area contributed by atoms with E-state index in [4.69, 9.17) is 5.10 Å². The van der Waals surface area contributed by atoms with Gasteiger partial charge in [-0.1, -0.05) is 80.4 Å². The molecule has 0 aliphatic heterocycles. The molecule has 0 amide bonds. The van der Waals surface area contributed by atoms with Crippen LogP contribution in [0, 0.1) is 69.0 Å². The van der Waals surface area contributed by atoms with Crippen molar-refractivity contribution < 1.29 is 9.59 Å². The van der Waals surface area contributed by atoms with E-state index in [-0.39, 0.29) is 50.1 Å². The fourth-order valence-electron chi connectivity index (χ4n) is 11.4. The van der Waals surface area contributed by atoms with Gasteiger partial charge in [0.25, 0.3) is 0 Å². The number of hydrogen-bond acceptors (Lipinski definition) is 4. The number of allylic oxidation sites excluding steroid dienone is 4. The third kappa shape index (κ3) is 4.47. The number of carbonyl (C=O) groups is 2. The first-order chi connectivity index (χ1) is 19.7. The lowest BCUT2D eigenvalue weighted by atomic mass is 9.32. The Balaban J connectivity index is 1.72. The van der Waals surface area contributed by atoms with E-state index in [9.17, 15) is 14.9 Å². The average Bonchev–Trinajstić information content (AvgIpc) is 3.20. The second kappa shape index (κ2) is 9.76. The van der Waals surface area contributed by atoms with Crippen LogP contribution in [0.1, 0.15) is 125 Å². The minimum Gasteiger partial charge on any atom is -0.295 e. The Bertz CT molecular complexity index is 1470. The quantitative estimate of drug-likeness (QED) is 0.346. The average molecular weight is 586 g/mol. The molecule has 0 bridgehead atoms. The van der Waals surface area contributed by atoms with Crippen molar-refractivity contribution in [1.29, 1.82) is 5.26 Å². The zero-order valence-electron chi connectivity index (χ0n) is 28.8. The maximum atomic E-state index is 15.0. The molecule has 43 heavy (non-hydrogen) atoms. The molecule has 4 aliphatic carbocycles. The number of fused-ring (bicyclic) bond motifs is 3. The van der Waals surface area contributed by atoms with Gasteiger partial charge < -0.3 is 0 Å². The lowest BCUT2D eigenvalue weighted by Crippen LogP contribution is -2.67. The summed E-state index contributed by atoms with van der Waals surface area (Å²) in [5.41, 5.74) is 1.87. The van der Waals surface area contributed by atoms with Crippen molar-refractivity contribution in [2.75, 3.05) is 0 Å². The van der Waals surface area contributed by atoms with E-state index in [1.807, 2.05) is 26.0 Å². The molecular formula is C38H55N3O2. The summed E-state index contributed by atoms with van der Waals surface area (Å²) in [4.78, 5) is 28.2. The number of rotatable bonds is 5. The highest BCUT2D eigenvalue weighted by molar-refractivity contribution is 6.04. The largest absolute Gasteiger partial charge is 0.295 e. The van der Waals surface area contributed by atoms with E-state index < -0.39 is 10.8 Å². The molecule has 0 unspecified atom stereocenters. The summed E-state index contributed by atoms with van der Waals surface area (Å²) >= 11 is 0. The number of nitrogens with zero attached hydrogens (tertiary/aromatic N) is 3. The van der Waals surface area contributed by atoms with Crippen molar-refractivity contribution in [3.05, 3.63) is 40.8 Å². The summed E-state index contributed by atoms with van der Waals surface area (Å²) in [6, 6.07) is 4.39. The van der Waals surface area contributed by atoms with E-state index in [0.29, 0.717) is 6.42 Å². The Kier molecular flexibility index (Phi) is 7.25. The summed E-state index contributed by atoms with van der Waals surface area (Å²) < 4.78 is 2.23. The molecule has 4 aliphatic rings. The summed E-state index contributed by atoms with van der Waals surface area (Å²) in [6.45, 7) is 25.6. The van der Waals surface area contributed by atoms with Crippen LogP contribution in [0.25, 0.3) is 0 Å². The summed E-state index contributed by atoms with van der Waals surface area (Å²) in [7, 11) is 0. The lowest BCUT2D eigenvalue weighted by Gasteiger charge is -2.71. The minimum absolute atomic E-state index is 0.0128. The molecule has 2 saturated carbocycles. The number of nitriles is 1. The molecule has 2 fully saturated rings. The highest BCUT2D eigenvalue weighted by atomic mass is 16.1. The topological polar surface area (TPSA) is 75.8 Å². The van der Waals surface area contributed by atoms with Gasteiger partial charge >= 0.3 is 0 Å². The molecule has 5 heteroatoms. The number of Topliss-reactive ketones (excluding diaryl/α,β-unsaturated/α-hetero) is 1. The summed E-state index contributed by atoms with van der Waals surface area (Å²) in [6.07, 6.45) is 11.9. The second-order valence-corrected chi connectivity index (χ2v) is 17.5. The standard InChI is InChI=1S/C38H55N3O2/c1-12-13-35(9)29(34(8)20-27(21-39)31(43)33(6,7)23-34)19-28(42)30-36(35,10)15-17-38(24-41-26(3)18-25(2)40-41)16-14-32(4,5)22-37(30,38)11/h18-20,30H,12-17,22-24H2,1-11H3/t30-,34-,35+,36+,37-,38+/m0/s1. The van der Waals surface area contributed by atoms with Crippen LogP contribution in [0.4, 0.5) is 0 Å². The van der Waals surface area contributed by atoms with Gasteiger partial charge in [-0.3, -0.25) is 14.3 Å². The van der Waals surface area contributed by atoms with Crippen LogP contribution in [0.3, 0.4) is 0 Å². The van der Waals surface area contributed by atoms with Gasteiger partial charge in [-0.2, -0.15) is 10.4 Å². The molecule has 0 N–H and O–H groups in total. The first-order valence-electron chi connectivity index (χ1n) is 16.7. The van der Waals surface area contributed by atoms with Gasteiger partial charge in [-0.05, 0) is 98.0 Å². The Morgan fingerprint density at radius 1 is 0.953 bits per heavy atom. The molecule has 0 saturated heterocycles. The van der Waals surface area contributed by atoms with Crippen LogP contribution in [0.5, 0.6) is 0 Å². The molecule has 5 rings (SSSR count). The van der Waals surface area contributed by atoms with E-state index in [0.717, 1.165) is 62.8 Å². The van der Waals surface area contributed by atoms with Gasteiger partial charge in [-0.25, -0.2) is 0 Å². The van der Waals surface area contributed by atoms with E-state index in [2.05, 4.69) is 79.1 Å². The number of carbonyl (C=O) groups excluding carboxylic acids is 2. The van der Waals surface area contributed by atoms with Gasteiger partial charge in [-0.15, -0.1) is 0 Å². The minimum atomic E-state index is -0.663. The SMILES string of the molecule is CCC[C@]1(C)C([C@@]2(C)C=C(C#N)C(=O)C(C)(C)C2)=CC(=O)[C@@H]2[C@]3(C)CC(C)(C)CC[C@]3(Cn3nc(C)cc3C)CC[C@]21C. The zero-order valence-corrected chi connectivity index (χ0v) is 28.8. The lowest BCUT2D eigenvalue weighted by molar-refractivity contribution is -0.206. The fourth-order valence-corrected chi connectivity index (χ4v) is 11.4. The molecule has 234 valence electrons. The van der Waals surface area contributed by atoms with Gasteiger partial charge in [0, 0.05) is 29.0 Å². The Labute approximate surface area is 260 Å². The maximum Gasteiger partial charge on any atom is 0.178 e. The van der Waals surface area contributed by atoms with Crippen LogP contribution in [-0.4, -0.2) is 21.3 Å².